The number of hydrogen-bond acceptors (Lipinski definition) is 4. The third kappa shape index (κ3) is 5.10. The first-order valence-corrected chi connectivity index (χ1v) is 9.07. The van der Waals surface area contributed by atoms with Crippen molar-refractivity contribution in [3.63, 3.8) is 0 Å². The highest BCUT2D eigenvalue weighted by Crippen LogP contribution is 2.14. The molecule has 0 aliphatic carbocycles. The maximum absolute atomic E-state index is 12.3. The minimum Gasteiger partial charge on any atom is -0.349 e. The van der Waals surface area contributed by atoms with E-state index in [4.69, 9.17) is 5.73 Å². The van der Waals surface area contributed by atoms with Crippen LogP contribution in [-0.4, -0.2) is 44.1 Å². The lowest BCUT2D eigenvalue weighted by Crippen LogP contribution is -2.35. The summed E-state index contributed by atoms with van der Waals surface area (Å²) in [7, 11) is -3.45. The summed E-state index contributed by atoms with van der Waals surface area (Å²) in [5, 5.41) is 0. The van der Waals surface area contributed by atoms with E-state index in [9.17, 15) is 8.42 Å². The molecule has 0 aliphatic heterocycles. The van der Waals surface area contributed by atoms with Crippen LogP contribution in [0.2, 0.25) is 0 Å². The van der Waals surface area contributed by atoms with Crippen molar-refractivity contribution < 1.29 is 8.42 Å². The molecule has 0 bridgehead atoms. The topological polar surface area (TPSA) is 80.4 Å². The van der Waals surface area contributed by atoms with Gasteiger partial charge in [0.25, 0.3) is 0 Å². The lowest BCUT2D eigenvalue weighted by atomic mass is 10.4. The summed E-state index contributed by atoms with van der Waals surface area (Å²) < 4.78 is 29.1. The summed E-state index contributed by atoms with van der Waals surface area (Å²) in [4.78, 5) is 2.52. The fraction of sp³-hybridized carbons (Fsp3) is 0.714. The Morgan fingerprint density at radius 3 is 2.48 bits per heavy atom. The second kappa shape index (κ2) is 8.53. The number of hydrogen-bond donors (Lipinski definition) is 2. The molecule has 0 unspecified atom stereocenters. The second-order valence-electron chi connectivity index (χ2n) is 4.99. The van der Waals surface area contributed by atoms with Gasteiger partial charge in [-0.1, -0.05) is 13.8 Å². The Hall–Kier alpha value is -0.890. The van der Waals surface area contributed by atoms with Crippen LogP contribution in [0.5, 0.6) is 0 Å². The van der Waals surface area contributed by atoms with Crippen molar-refractivity contribution in [1.29, 1.82) is 0 Å². The Bertz CT molecular complexity index is 504. The standard InChI is InChI=1S/C14H28N4O2S/c1-4-8-17(5-2)9-7-16-21(19,20)14-10-13(11-15)18(6-3)12-14/h10,12,16H,4-9,11,15H2,1-3H3. The minimum atomic E-state index is -3.45. The molecule has 1 rings (SSSR count). The van der Waals surface area contributed by atoms with Crippen LogP contribution in [0.25, 0.3) is 0 Å². The molecule has 21 heavy (non-hydrogen) atoms. The second-order valence-corrected chi connectivity index (χ2v) is 6.76. The molecule has 122 valence electrons. The Kier molecular flexibility index (Phi) is 7.37. The quantitative estimate of drug-likeness (QED) is 0.674. The van der Waals surface area contributed by atoms with Gasteiger partial charge in [0, 0.05) is 38.1 Å². The van der Waals surface area contributed by atoms with Crippen LogP contribution >= 0.6 is 0 Å². The number of nitrogens with two attached hydrogens (primary N) is 1. The molecule has 7 heteroatoms. The van der Waals surface area contributed by atoms with Crippen LogP contribution in [0.3, 0.4) is 0 Å². The van der Waals surface area contributed by atoms with Gasteiger partial charge in [-0.2, -0.15) is 0 Å². The fourth-order valence-electron chi connectivity index (χ4n) is 2.30. The van der Waals surface area contributed by atoms with Gasteiger partial charge in [-0.3, -0.25) is 0 Å². The molecule has 0 aliphatic rings. The van der Waals surface area contributed by atoms with Crippen molar-refractivity contribution in [2.24, 2.45) is 5.73 Å². The van der Waals surface area contributed by atoms with Crippen molar-refractivity contribution in [3.8, 4) is 0 Å². The summed E-state index contributed by atoms with van der Waals surface area (Å²) in [6, 6.07) is 1.65. The molecule has 0 atom stereocenters. The highest BCUT2D eigenvalue weighted by Gasteiger charge is 2.17. The summed E-state index contributed by atoms with van der Waals surface area (Å²) in [6.45, 7) is 10.3. The van der Waals surface area contributed by atoms with Crippen molar-refractivity contribution in [1.82, 2.24) is 14.2 Å². The van der Waals surface area contributed by atoms with E-state index in [1.54, 1.807) is 12.3 Å². The van der Waals surface area contributed by atoms with E-state index in [0.29, 0.717) is 24.5 Å². The van der Waals surface area contributed by atoms with Gasteiger partial charge in [-0.05, 0) is 32.5 Å². The summed E-state index contributed by atoms with van der Waals surface area (Å²) in [5.74, 6) is 0. The van der Waals surface area contributed by atoms with Crippen LogP contribution in [0.15, 0.2) is 17.2 Å². The Morgan fingerprint density at radius 2 is 2.00 bits per heavy atom. The third-order valence-electron chi connectivity index (χ3n) is 3.53. The molecular formula is C14H28N4O2S. The van der Waals surface area contributed by atoms with Gasteiger partial charge >= 0.3 is 0 Å². The molecular weight excluding hydrogens is 288 g/mol. The number of likely N-dealkylation sites (N-methyl/N-ethyl adjacent to an activating group) is 1. The first-order valence-electron chi connectivity index (χ1n) is 7.59. The SMILES string of the molecule is CCCN(CC)CCNS(=O)(=O)c1cc(CN)n(CC)c1. The smallest absolute Gasteiger partial charge is 0.242 e. The number of rotatable bonds is 10. The first-order chi connectivity index (χ1) is 9.98. The van der Waals surface area contributed by atoms with Crippen molar-refractivity contribution in [2.75, 3.05) is 26.2 Å². The maximum atomic E-state index is 12.3. The first kappa shape index (κ1) is 18.2. The average molecular weight is 316 g/mol. The Morgan fingerprint density at radius 1 is 1.29 bits per heavy atom. The molecule has 1 aromatic rings. The number of nitrogens with zero attached hydrogens (tertiary/aromatic N) is 2. The third-order valence-corrected chi connectivity index (χ3v) is 4.96. The maximum Gasteiger partial charge on any atom is 0.242 e. The molecule has 0 spiro atoms. The number of aromatic nitrogens is 1. The van der Waals surface area contributed by atoms with Gasteiger partial charge in [-0.25, -0.2) is 13.1 Å². The molecule has 6 nitrogen and oxygen atoms in total. The molecule has 3 N–H and O–H groups in total. The number of aryl methyl sites for hydroxylation is 1. The van der Waals surface area contributed by atoms with Gasteiger partial charge in [0.05, 0.1) is 4.90 Å². The van der Waals surface area contributed by atoms with Gasteiger partial charge in [0.15, 0.2) is 0 Å². The minimum absolute atomic E-state index is 0.295. The molecule has 0 saturated carbocycles. The van der Waals surface area contributed by atoms with E-state index in [1.807, 2.05) is 11.5 Å². The largest absolute Gasteiger partial charge is 0.349 e. The highest BCUT2D eigenvalue weighted by molar-refractivity contribution is 7.89. The van der Waals surface area contributed by atoms with E-state index >= 15 is 0 Å². The highest BCUT2D eigenvalue weighted by atomic mass is 32.2. The summed E-state index contributed by atoms with van der Waals surface area (Å²) in [6.07, 6.45) is 2.72. The van der Waals surface area contributed by atoms with Crippen LogP contribution in [-0.2, 0) is 23.1 Å². The summed E-state index contributed by atoms with van der Waals surface area (Å²) >= 11 is 0. The monoisotopic (exact) mass is 316 g/mol. The van der Waals surface area contributed by atoms with Crippen LogP contribution in [0.4, 0.5) is 0 Å². The van der Waals surface area contributed by atoms with E-state index in [-0.39, 0.29) is 0 Å². The van der Waals surface area contributed by atoms with E-state index in [1.165, 1.54) is 0 Å². The van der Waals surface area contributed by atoms with Gasteiger partial charge < -0.3 is 15.2 Å². The number of nitrogens with one attached hydrogen (secondary N) is 1. The van der Waals surface area contributed by atoms with Crippen LogP contribution in [0.1, 0.15) is 32.9 Å². The molecule has 0 saturated heterocycles. The predicted octanol–water partition coefficient (Wildman–Crippen LogP) is 0.977. The molecule has 0 amide bonds. The molecule has 1 aromatic heterocycles. The zero-order valence-electron chi connectivity index (χ0n) is 13.3. The predicted molar refractivity (Wildman–Crippen MR) is 85.6 cm³/mol. The van der Waals surface area contributed by atoms with Crippen molar-refractivity contribution in [2.45, 2.75) is 45.2 Å². The lowest BCUT2D eigenvalue weighted by Gasteiger charge is -2.19. The van der Waals surface area contributed by atoms with E-state index in [2.05, 4.69) is 23.5 Å². The van der Waals surface area contributed by atoms with Gasteiger partial charge in [-0.15, -0.1) is 0 Å². The van der Waals surface area contributed by atoms with E-state index < -0.39 is 10.0 Å². The molecule has 1 heterocycles. The van der Waals surface area contributed by atoms with Gasteiger partial charge in [0.1, 0.15) is 0 Å². The molecule has 0 radical (unpaired) electrons. The van der Waals surface area contributed by atoms with Crippen LogP contribution in [0, 0.1) is 0 Å². The zero-order chi connectivity index (χ0) is 15.9. The normalized spacial score (nSPS) is 12.2. The number of sulfonamides is 1. The molecule has 0 aromatic carbocycles. The van der Waals surface area contributed by atoms with Crippen LogP contribution < -0.4 is 10.5 Å². The fourth-order valence-corrected chi connectivity index (χ4v) is 3.39. The molecule has 0 fully saturated rings. The zero-order valence-corrected chi connectivity index (χ0v) is 14.1. The van der Waals surface area contributed by atoms with Gasteiger partial charge in [0.2, 0.25) is 10.0 Å². The summed E-state index contributed by atoms with van der Waals surface area (Å²) in [5.41, 5.74) is 6.46. The lowest BCUT2D eigenvalue weighted by molar-refractivity contribution is 0.293. The Labute approximate surface area is 128 Å². The Balaban J connectivity index is 2.67. The van der Waals surface area contributed by atoms with Crippen molar-refractivity contribution in [3.05, 3.63) is 18.0 Å². The average Bonchev–Trinajstić information content (AvgIpc) is 2.90. The van der Waals surface area contributed by atoms with E-state index in [0.717, 1.165) is 31.7 Å². The van der Waals surface area contributed by atoms with Crippen molar-refractivity contribution >= 4 is 10.0 Å².